The molecule has 4 rings (SSSR count). The number of rotatable bonds is 5. The topological polar surface area (TPSA) is 126 Å². The van der Waals surface area contributed by atoms with Gasteiger partial charge < -0.3 is 24.6 Å². The van der Waals surface area contributed by atoms with Crippen molar-refractivity contribution in [1.82, 2.24) is 14.9 Å². The molecule has 3 aromatic rings. The van der Waals surface area contributed by atoms with Gasteiger partial charge in [0.15, 0.2) is 0 Å². The summed E-state index contributed by atoms with van der Waals surface area (Å²) in [6, 6.07) is 11.0. The zero-order valence-corrected chi connectivity index (χ0v) is 25.2. The van der Waals surface area contributed by atoms with E-state index in [9.17, 15) is 18.8 Å². The Balaban J connectivity index is 1.47. The number of hydrogen-bond acceptors (Lipinski definition) is 8. The predicted octanol–water partition coefficient (Wildman–Crippen LogP) is 5.94. The maximum absolute atomic E-state index is 13.5. The number of aromatic nitrogens is 2. The van der Waals surface area contributed by atoms with Gasteiger partial charge in [-0.1, -0.05) is 18.2 Å². The highest BCUT2D eigenvalue weighted by Gasteiger charge is 2.27. The van der Waals surface area contributed by atoms with Crippen molar-refractivity contribution < 1.29 is 28.2 Å². The lowest BCUT2D eigenvalue weighted by Gasteiger charge is -2.36. The quantitative estimate of drug-likeness (QED) is 0.373. The number of nitrogens with one attached hydrogen (secondary N) is 2. The molecule has 228 valence electrons. The standard InChI is InChI=1S/C31H37FN6O5/c1-30(2,3)42-28(40)36-23-12-9-21(20-7-10-22(32)11-8-20)17-24(23)35-27(39)25-18-34-26(19-33-25)37-13-15-38(16-14-37)29(41)43-31(4,5)6/h7-12,17-19H,13-16H2,1-6H3,(H,35,39)(H,36,40). The summed E-state index contributed by atoms with van der Waals surface area (Å²) >= 11 is 0. The third-order valence-corrected chi connectivity index (χ3v) is 6.21. The summed E-state index contributed by atoms with van der Waals surface area (Å²) in [6.45, 7) is 12.7. The monoisotopic (exact) mass is 592 g/mol. The predicted molar refractivity (Wildman–Crippen MR) is 162 cm³/mol. The number of carbonyl (C=O) groups excluding carboxylic acids is 3. The number of halogens is 1. The summed E-state index contributed by atoms with van der Waals surface area (Å²) in [5.74, 6) is -0.337. The largest absolute Gasteiger partial charge is 0.444 e. The molecule has 2 aromatic carbocycles. The Morgan fingerprint density at radius 3 is 1.98 bits per heavy atom. The van der Waals surface area contributed by atoms with E-state index < -0.39 is 23.2 Å². The number of hydrogen-bond donors (Lipinski definition) is 2. The molecule has 12 heteroatoms. The first-order chi connectivity index (χ1) is 20.2. The van der Waals surface area contributed by atoms with Gasteiger partial charge in [0.2, 0.25) is 0 Å². The molecule has 0 atom stereocenters. The van der Waals surface area contributed by atoms with Crippen LogP contribution < -0.4 is 15.5 Å². The number of nitrogens with zero attached hydrogens (tertiary/aromatic N) is 4. The minimum absolute atomic E-state index is 0.0616. The fourth-order valence-corrected chi connectivity index (χ4v) is 4.22. The Hall–Kier alpha value is -4.74. The maximum Gasteiger partial charge on any atom is 0.412 e. The van der Waals surface area contributed by atoms with Crippen molar-refractivity contribution >= 4 is 35.3 Å². The number of amides is 3. The Morgan fingerprint density at radius 1 is 0.767 bits per heavy atom. The van der Waals surface area contributed by atoms with Crippen LogP contribution in [0, 0.1) is 5.82 Å². The Bertz CT molecular complexity index is 1460. The second-order valence-corrected chi connectivity index (χ2v) is 12.1. The molecule has 0 spiro atoms. The van der Waals surface area contributed by atoms with Gasteiger partial charge in [-0.05, 0) is 76.9 Å². The molecule has 1 saturated heterocycles. The van der Waals surface area contributed by atoms with Crippen LogP contribution in [-0.4, -0.2) is 70.3 Å². The fraction of sp³-hybridized carbons (Fsp3) is 0.387. The number of ether oxygens (including phenoxy) is 2. The van der Waals surface area contributed by atoms with E-state index in [-0.39, 0.29) is 17.6 Å². The third-order valence-electron chi connectivity index (χ3n) is 6.21. The van der Waals surface area contributed by atoms with Gasteiger partial charge in [-0.25, -0.2) is 23.9 Å². The van der Waals surface area contributed by atoms with Crippen LogP contribution >= 0.6 is 0 Å². The molecule has 43 heavy (non-hydrogen) atoms. The average molecular weight is 593 g/mol. The third kappa shape index (κ3) is 8.87. The van der Waals surface area contributed by atoms with E-state index in [0.29, 0.717) is 48.9 Å². The highest BCUT2D eigenvalue weighted by Crippen LogP contribution is 2.30. The highest BCUT2D eigenvalue weighted by molar-refractivity contribution is 6.06. The van der Waals surface area contributed by atoms with E-state index in [1.807, 2.05) is 25.7 Å². The number of piperazine rings is 1. The van der Waals surface area contributed by atoms with Gasteiger partial charge >= 0.3 is 12.2 Å². The summed E-state index contributed by atoms with van der Waals surface area (Å²) < 4.78 is 24.3. The van der Waals surface area contributed by atoms with Crippen molar-refractivity contribution in [1.29, 1.82) is 0 Å². The SMILES string of the molecule is CC(C)(C)OC(=O)Nc1ccc(-c2ccc(F)cc2)cc1NC(=O)c1cnc(N2CCN(C(=O)OC(C)(C)C)CC2)cn1. The van der Waals surface area contributed by atoms with Crippen LogP contribution in [-0.2, 0) is 9.47 Å². The van der Waals surface area contributed by atoms with E-state index in [1.54, 1.807) is 56.0 Å². The first-order valence-corrected chi connectivity index (χ1v) is 13.9. The Kier molecular flexibility index (Phi) is 9.17. The minimum atomic E-state index is -0.721. The van der Waals surface area contributed by atoms with Crippen LogP contribution in [0.4, 0.5) is 31.2 Å². The zero-order chi connectivity index (χ0) is 31.4. The second kappa shape index (κ2) is 12.6. The van der Waals surface area contributed by atoms with Crippen LogP contribution in [0.1, 0.15) is 52.0 Å². The average Bonchev–Trinajstić information content (AvgIpc) is 2.92. The van der Waals surface area contributed by atoms with Gasteiger partial charge in [0, 0.05) is 26.2 Å². The van der Waals surface area contributed by atoms with Gasteiger partial charge in [-0.3, -0.25) is 10.1 Å². The van der Waals surface area contributed by atoms with Crippen LogP contribution in [0.5, 0.6) is 0 Å². The smallest absolute Gasteiger partial charge is 0.412 e. The van der Waals surface area contributed by atoms with Gasteiger partial charge in [0.25, 0.3) is 5.91 Å². The minimum Gasteiger partial charge on any atom is -0.444 e. The summed E-state index contributed by atoms with van der Waals surface area (Å²) in [5.41, 5.74) is 0.787. The summed E-state index contributed by atoms with van der Waals surface area (Å²) in [4.78, 5) is 50.4. The van der Waals surface area contributed by atoms with Crippen molar-refractivity contribution in [2.45, 2.75) is 52.7 Å². The van der Waals surface area contributed by atoms with Gasteiger partial charge in [-0.2, -0.15) is 0 Å². The number of carbonyl (C=O) groups is 3. The van der Waals surface area contributed by atoms with E-state index in [0.717, 1.165) is 5.56 Å². The first-order valence-electron chi connectivity index (χ1n) is 13.9. The van der Waals surface area contributed by atoms with E-state index in [1.165, 1.54) is 24.5 Å². The van der Waals surface area contributed by atoms with Crippen molar-refractivity contribution in [3.05, 3.63) is 66.4 Å². The van der Waals surface area contributed by atoms with Crippen molar-refractivity contribution in [2.75, 3.05) is 41.7 Å². The molecule has 11 nitrogen and oxygen atoms in total. The summed E-state index contributed by atoms with van der Waals surface area (Å²) in [6.07, 6.45) is 1.84. The molecule has 2 heterocycles. The summed E-state index contributed by atoms with van der Waals surface area (Å²) in [7, 11) is 0. The molecule has 1 aliphatic heterocycles. The highest BCUT2D eigenvalue weighted by atomic mass is 19.1. The molecule has 1 fully saturated rings. The molecule has 0 radical (unpaired) electrons. The van der Waals surface area contributed by atoms with Crippen LogP contribution in [0.3, 0.4) is 0 Å². The van der Waals surface area contributed by atoms with E-state index in [2.05, 4.69) is 20.6 Å². The molecule has 0 aliphatic carbocycles. The fourth-order valence-electron chi connectivity index (χ4n) is 4.22. The van der Waals surface area contributed by atoms with Crippen molar-refractivity contribution in [2.24, 2.45) is 0 Å². The number of anilines is 3. The molecule has 1 aromatic heterocycles. The lowest BCUT2D eigenvalue weighted by atomic mass is 10.0. The molecule has 0 unspecified atom stereocenters. The maximum atomic E-state index is 13.5. The van der Waals surface area contributed by atoms with Gasteiger partial charge in [0.05, 0.1) is 23.8 Å². The molecule has 2 N–H and O–H groups in total. The number of benzene rings is 2. The zero-order valence-electron chi connectivity index (χ0n) is 25.2. The molecular weight excluding hydrogens is 555 g/mol. The Morgan fingerprint density at radius 2 is 1.40 bits per heavy atom. The van der Waals surface area contributed by atoms with Gasteiger partial charge in [-0.15, -0.1) is 0 Å². The molecule has 0 saturated carbocycles. The first kappa shape index (κ1) is 31.2. The second-order valence-electron chi connectivity index (χ2n) is 12.1. The van der Waals surface area contributed by atoms with Crippen molar-refractivity contribution in [3.63, 3.8) is 0 Å². The van der Waals surface area contributed by atoms with Crippen molar-refractivity contribution in [3.8, 4) is 11.1 Å². The van der Waals surface area contributed by atoms with Crippen LogP contribution in [0.15, 0.2) is 54.9 Å². The molecule has 0 bridgehead atoms. The van der Waals surface area contributed by atoms with Crippen LogP contribution in [0.2, 0.25) is 0 Å². The van der Waals surface area contributed by atoms with Crippen LogP contribution in [0.25, 0.3) is 11.1 Å². The van der Waals surface area contributed by atoms with E-state index in [4.69, 9.17) is 9.47 Å². The molecular formula is C31H37FN6O5. The molecule has 1 aliphatic rings. The summed E-state index contributed by atoms with van der Waals surface area (Å²) in [5, 5.41) is 5.47. The normalized spacial score (nSPS) is 13.7. The van der Waals surface area contributed by atoms with E-state index >= 15 is 0 Å². The lowest BCUT2D eigenvalue weighted by Crippen LogP contribution is -2.50. The lowest BCUT2D eigenvalue weighted by molar-refractivity contribution is 0.0240. The van der Waals surface area contributed by atoms with Gasteiger partial charge in [0.1, 0.15) is 28.5 Å². The Labute approximate surface area is 250 Å². The molecule has 3 amide bonds.